The Morgan fingerprint density at radius 2 is 2.12 bits per heavy atom. The molecule has 1 aliphatic rings. The van der Waals surface area contributed by atoms with E-state index in [9.17, 15) is 4.79 Å². The van der Waals surface area contributed by atoms with Crippen molar-refractivity contribution in [2.45, 2.75) is 12.8 Å². The van der Waals surface area contributed by atoms with Crippen molar-refractivity contribution in [2.24, 2.45) is 0 Å². The zero-order valence-electron chi connectivity index (χ0n) is 9.31. The molecule has 0 spiro atoms. The molecule has 1 N–H and O–H groups in total. The van der Waals surface area contributed by atoms with Gasteiger partial charge in [-0.15, -0.1) is 0 Å². The second-order valence-electron chi connectivity index (χ2n) is 4.06. The predicted molar refractivity (Wildman–Crippen MR) is 64.6 cm³/mol. The van der Waals surface area contributed by atoms with Crippen LogP contribution in [0.25, 0.3) is 6.08 Å². The quantitative estimate of drug-likeness (QED) is 0.785. The zero-order valence-corrected chi connectivity index (χ0v) is 9.31. The van der Waals surface area contributed by atoms with Crippen molar-refractivity contribution in [3.63, 3.8) is 0 Å². The van der Waals surface area contributed by atoms with E-state index in [1.807, 2.05) is 31.3 Å². The van der Waals surface area contributed by atoms with Crippen molar-refractivity contribution in [3.05, 3.63) is 35.4 Å². The summed E-state index contributed by atoms with van der Waals surface area (Å²) in [6, 6.07) is 7.90. The number of para-hydroxylation sites is 1. The molecular weight excluding hydrogens is 202 g/mol. The van der Waals surface area contributed by atoms with Crippen LogP contribution in [-0.2, 0) is 4.79 Å². The molecule has 3 nitrogen and oxygen atoms in total. The zero-order chi connectivity index (χ0) is 11.5. The summed E-state index contributed by atoms with van der Waals surface area (Å²) in [5, 5.41) is 9.06. The Labute approximate surface area is 95.0 Å². The van der Waals surface area contributed by atoms with Crippen LogP contribution in [0.2, 0.25) is 0 Å². The van der Waals surface area contributed by atoms with Crippen LogP contribution in [0.15, 0.2) is 29.8 Å². The minimum absolute atomic E-state index is 0.501. The van der Waals surface area contributed by atoms with Gasteiger partial charge in [0.15, 0.2) is 0 Å². The molecule has 1 aromatic carbocycles. The number of fused-ring (bicyclic) bond motifs is 1. The normalized spacial score (nSPS) is 19.1. The fourth-order valence-corrected chi connectivity index (χ4v) is 2.01. The van der Waals surface area contributed by atoms with Gasteiger partial charge >= 0.3 is 5.97 Å². The first-order chi connectivity index (χ1) is 7.68. The molecule has 1 heterocycles. The highest BCUT2D eigenvalue weighted by atomic mass is 16.4. The average molecular weight is 217 g/mol. The van der Waals surface area contributed by atoms with Gasteiger partial charge in [-0.2, -0.15) is 0 Å². The number of nitrogens with zero attached hydrogens (tertiary/aromatic N) is 1. The van der Waals surface area contributed by atoms with Crippen molar-refractivity contribution in [1.29, 1.82) is 0 Å². The smallest absolute Gasteiger partial charge is 0.331 e. The van der Waals surface area contributed by atoms with E-state index in [-0.39, 0.29) is 0 Å². The number of carbonyl (C=O) groups is 1. The Kier molecular flexibility index (Phi) is 2.95. The lowest BCUT2D eigenvalue weighted by Gasteiger charge is -2.23. The van der Waals surface area contributed by atoms with Crippen LogP contribution in [0.3, 0.4) is 0 Å². The number of carboxylic acids is 1. The van der Waals surface area contributed by atoms with Gasteiger partial charge in [0.2, 0.25) is 0 Å². The molecule has 0 saturated heterocycles. The molecule has 2 rings (SSSR count). The lowest BCUT2D eigenvalue weighted by atomic mass is 10.0. The summed E-state index contributed by atoms with van der Waals surface area (Å²) in [6.07, 6.45) is 3.30. The predicted octanol–water partition coefficient (Wildman–Crippen LogP) is 2.38. The minimum Gasteiger partial charge on any atom is -0.478 e. The van der Waals surface area contributed by atoms with Gasteiger partial charge in [0.25, 0.3) is 0 Å². The van der Waals surface area contributed by atoms with E-state index in [2.05, 4.69) is 4.90 Å². The lowest BCUT2D eigenvalue weighted by Crippen LogP contribution is -2.21. The van der Waals surface area contributed by atoms with Gasteiger partial charge in [-0.3, -0.25) is 0 Å². The second kappa shape index (κ2) is 4.39. The summed E-state index contributed by atoms with van der Waals surface area (Å²) in [7, 11) is 2.04. The van der Waals surface area contributed by atoms with Crippen LogP contribution in [-0.4, -0.2) is 24.7 Å². The topological polar surface area (TPSA) is 40.5 Å². The second-order valence-corrected chi connectivity index (χ2v) is 4.06. The number of anilines is 1. The van der Waals surface area contributed by atoms with Gasteiger partial charge in [0.05, 0.1) is 0 Å². The maximum Gasteiger partial charge on any atom is 0.331 e. The highest BCUT2D eigenvalue weighted by Crippen LogP contribution is 2.25. The molecule has 3 heteroatoms. The van der Waals surface area contributed by atoms with E-state index in [1.165, 1.54) is 0 Å². The molecule has 16 heavy (non-hydrogen) atoms. The van der Waals surface area contributed by atoms with E-state index < -0.39 is 5.97 Å². The minimum atomic E-state index is -0.806. The summed E-state index contributed by atoms with van der Waals surface area (Å²) in [6.45, 7) is 0.891. The van der Waals surface area contributed by atoms with E-state index in [4.69, 9.17) is 5.11 Å². The molecular formula is C13H15NO2. The van der Waals surface area contributed by atoms with Crippen LogP contribution < -0.4 is 4.90 Å². The van der Waals surface area contributed by atoms with Crippen LogP contribution in [0.1, 0.15) is 18.4 Å². The molecule has 0 aromatic heterocycles. The number of carboxylic acid groups (broad SMARTS) is 1. The van der Waals surface area contributed by atoms with Gasteiger partial charge in [-0.05, 0) is 30.5 Å². The summed E-state index contributed by atoms with van der Waals surface area (Å²) in [4.78, 5) is 13.2. The van der Waals surface area contributed by atoms with Gasteiger partial charge in [-0.25, -0.2) is 4.79 Å². The van der Waals surface area contributed by atoms with Crippen molar-refractivity contribution in [1.82, 2.24) is 0 Å². The highest BCUT2D eigenvalue weighted by molar-refractivity contribution is 5.93. The Balaban J connectivity index is 2.48. The van der Waals surface area contributed by atoms with Crippen molar-refractivity contribution in [2.75, 3.05) is 18.5 Å². The van der Waals surface area contributed by atoms with E-state index in [0.29, 0.717) is 12.0 Å². The van der Waals surface area contributed by atoms with Crippen molar-refractivity contribution >= 4 is 17.7 Å². The molecule has 1 aromatic rings. The fraction of sp³-hybridized carbons (Fsp3) is 0.308. The summed E-state index contributed by atoms with van der Waals surface area (Å²) in [5.74, 6) is -0.806. The van der Waals surface area contributed by atoms with E-state index >= 15 is 0 Å². The molecule has 0 radical (unpaired) electrons. The molecule has 0 amide bonds. The molecule has 0 unspecified atom stereocenters. The standard InChI is InChI=1S/C13H15NO2/c1-14-8-4-6-11(13(15)16)9-10-5-2-3-7-12(10)14/h2-3,5,7,9H,4,6,8H2,1H3,(H,15,16)/b11-9+. The monoisotopic (exact) mass is 217 g/mol. The van der Waals surface area contributed by atoms with E-state index in [1.54, 1.807) is 6.08 Å². The third kappa shape index (κ3) is 2.08. The van der Waals surface area contributed by atoms with Crippen molar-refractivity contribution < 1.29 is 9.90 Å². The van der Waals surface area contributed by atoms with Gasteiger partial charge in [0.1, 0.15) is 0 Å². The Bertz CT molecular complexity index is 437. The number of hydrogen-bond donors (Lipinski definition) is 1. The fourth-order valence-electron chi connectivity index (χ4n) is 2.01. The maximum absolute atomic E-state index is 11.0. The molecule has 1 aliphatic heterocycles. The Hall–Kier alpha value is -1.77. The summed E-state index contributed by atoms with van der Waals surface area (Å²) in [5.41, 5.74) is 2.59. The molecule has 0 aliphatic carbocycles. The van der Waals surface area contributed by atoms with Gasteiger partial charge in [-0.1, -0.05) is 18.2 Å². The first-order valence-corrected chi connectivity index (χ1v) is 5.42. The number of rotatable bonds is 1. The van der Waals surface area contributed by atoms with Crippen LogP contribution in [0.5, 0.6) is 0 Å². The SMILES string of the molecule is CN1CCC/C(C(=O)O)=C\c2ccccc21. The maximum atomic E-state index is 11.0. The van der Waals surface area contributed by atoms with Crippen LogP contribution >= 0.6 is 0 Å². The van der Waals surface area contributed by atoms with Crippen LogP contribution in [0, 0.1) is 0 Å². The molecule has 0 atom stereocenters. The number of hydrogen-bond acceptors (Lipinski definition) is 2. The number of aliphatic carboxylic acids is 1. The Morgan fingerprint density at radius 1 is 1.38 bits per heavy atom. The number of benzene rings is 1. The van der Waals surface area contributed by atoms with E-state index in [0.717, 1.165) is 24.2 Å². The third-order valence-electron chi connectivity index (χ3n) is 2.89. The summed E-state index contributed by atoms with van der Waals surface area (Å²) < 4.78 is 0. The van der Waals surface area contributed by atoms with Crippen LogP contribution in [0.4, 0.5) is 5.69 Å². The van der Waals surface area contributed by atoms with Gasteiger partial charge in [0, 0.05) is 24.9 Å². The third-order valence-corrected chi connectivity index (χ3v) is 2.89. The molecule has 0 saturated carbocycles. The van der Waals surface area contributed by atoms with Crippen molar-refractivity contribution in [3.8, 4) is 0 Å². The Morgan fingerprint density at radius 3 is 2.88 bits per heavy atom. The molecule has 0 fully saturated rings. The molecule has 0 bridgehead atoms. The average Bonchev–Trinajstić information content (AvgIpc) is 2.25. The summed E-state index contributed by atoms with van der Waals surface area (Å²) >= 11 is 0. The lowest BCUT2D eigenvalue weighted by molar-refractivity contribution is -0.132. The molecule has 84 valence electrons. The first-order valence-electron chi connectivity index (χ1n) is 5.42. The first kappa shape index (κ1) is 10.7. The van der Waals surface area contributed by atoms with Gasteiger partial charge < -0.3 is 10.0 Å². The highest BCUT2D eigenvalue weighted by Gasteiger charge is 2.14. The largest absolute Gasteiger partial charge is 0.478 e.